The largest absolute Gasteiger partial charge is 0.484 e. The highest BCUT2D eigenvalue weighted by Gasteiger charge is 2.30. The molecular formula is C16H22N2O4. The van der Waals surface area contributed by atoms with E-state index < -0.39 is 0 Å². The van der Waals surface area contributed by atoms with Crippen LogP contribution in [0.1, 0.15) is 20.3 Å². The van der Waals surface area contributed by atoms with E-state index in [2.05, 4.69) is 10.6 Å². The number of likely N-dealkylation sites (N-methyl/N-ethyl adjacent to an activating group) is 1. The van der Waals surface area contributed by atoms with Gasteiger partial charge < -0.3 is 20.1 Å². The lowest BCUT2D eigenvalue weighted by atomic mass is 10.0. The zero-order valence-electron chi connectivity index (χ0n) is 12.9. The minimum absolute atomic E-state index is 0.0209. The number of carbonyl (C=O) groups excluding carboxylic acids is 2. The maximum atomic E-state index is 12.1. The van der Waals surface area contributed by atoms with Crippen LogP contribution in [-0.4, -0.2) is 37.7 Å². The molecule has 6 heteroatoms. The Morgan fingerprint density at radius 3 is 2.64 bits per heavy atom. The molecule has 0 radical (unpaired) electrons. The average molecular weight is 306 g/mol. The molecule has 1 aromatic rings. The molecule has 0 saturated carbocycles. The number of rotatable bonds is 6. The molecule has 0 aliphatic carbocycles. The predicted molar refractivity (Wildman–Crippen MR) is 82.8 cm³/mol. The van der Waals surface area contributed by atoms with Crippen LogP contribution in [0.2, 0.25) is 0 Å². The van der Waals surface area contributed by atoms with Crippen LogP contribution in [0.5, 0.6) is 5.75 Å². The Labute approximate surface area is 130 Å². The monoisotopic (exact) mass is 306 g/mol. The summed E-state index contributed by atoms with van der Waals surface area (Å²) in [5.41, 5.74) is 0.679. The van der Waals surface area contributed by atoms with Gasteiger partial charge in [0.05, 0.1) is 0 Å². The highest BCUT2D eigenvalue weighted by Crippen LogP contribution is 2.22. The van der Waals surface area contributed by atoms with Crippen molar-refractivity contribution in [2.45, 2.75) is 26.4 Å². The Morgan fingerprint density at radius 2 is 2.05 bits per heavy atom. The van der Waals surface area contributed by atoms with Gasteiger partial charge in [-0.1, -0.05) is 6.92 Å². The zero-order chi connectivity index (χ0) is 15.9. The summed E-state index contributed by atoms with van der Waals surface area (Å²) < 4.78 is 10.8. The Bertz CT molecular complexity index is 515. The van der Waals surface area contributed by atoms with Gasteiger partial charge >= 0.3 is 0 Å². The van der Waals surface area contributed by atoms with Gasteiger partial charge in [-0.15, -0.1) is 0 Å². The van der Waals surface area contributed by atoms with Gasteiger partial charge in [0.25, 0.3) is 11.8 Å². The third-order valence-corrected chi connectivity index (χ3v) is 3.51. The molecule has 1 heterocycles. The van der Waals surface area contributed by atoms with Crippen LogP contribution in [0.25, 0.3) is 0 Å². The van der Waals surface area contributed by atoms with E-state index in [9.17, 15) is 9.59 Å². The summed E-state index contributed by atoms with van der Waals surface area (Å²) in [6, 6.07) is 6.91. The molecule has 0 bridgehead atoms. The minimum Gasteiger partial charge on any atom is -0.484 e. The molecule has 1 aromatic carbocycles. The van der Waals surface area contributed by atoms with E-state index in [1.54, 1.807) is 24.3 Å². The number of amides is 2. The SMILES string of the molecule is CCNC(=O)COc1ccc(NC(=O)C2OCCC2C)cc1. The van der Waals surface area contributed by atoms with Crippen LogP contribution < -0.4 is 15.4 Å². The highest BCUT2D eigenvalue weighted by molar-refractivity contribution is 5.94. The van der Waals surface area contributed by atoms with Gasteiger partial charge in [0.1, 0.15) is 11.9 Å². The molecule has 1 aliphatic heterocycles. The summed E-state index contributed by atoms with van der Waals surface area (Å²) in [4.78, 5) is 23.4. The van der Waals surface area contributed by atoms with E-state index in [4.69, 9.17) is 9.47 Å². The summed E-state index contributed by atoms with van der Waals surface area (Å²) in [7, 11) is 0. The second-order valence-corrected chi connectivity index (χ2v) is 5.31. The fraction of sp³-hybridized carbons (Fsp3) is 0.500. The number of carbonyl (C=O) groups is 2. The Kier molecular flexibility index (Phi) is 5.77. The van der Waals surface area contributed by atoms with Gasteiger partial charge in [0.15, 0.2) is 6.61 Å². The lowest BCUT2D eigenvalue weighted by Gasteiger charge is -2.14. The van der Waals surface area contributed by atoms with Crippen molar-refractivity contribution >= 4 is 17.5 Å². The van der Waals surface area contributed by atoms with Crippen LogP contribution >= 0.6 is 0 Å². The smallest absolute Gasteiger partial charge is 0.257 e. The maximum Gasteiger partial charge on any atom is 0.257 e. The third-order valence-electron chi connectivity index (χ3n) is 3.51. The third kappa shape index (κ3) is 4.46. The molecule has 2 N–H and O–H groups in total. The van der Waals surface area contributed by atoms with Crippen LogP contribution in [0.4, 0.5) is 5.69 Å². The molecule has 2 atom stereocenters. The number of hydrogen-bond donors (Lipinski definition) is 2. The van der Waals surface area contributed by atoms with E-state index in [0.29, 0.717) is 24.6 Å². The van der Waals surface area contributed by atoms with Crippen molar-refractivity contribution in [1.82, 2.24) is 5.32 Å². The van der Waals surface area contributed by atoms with Gasteiger partial charge in [-0.2, -0.15) is 0 Å². The van der Waals surface area contributed by atoms with E-state index in [-0.39, 0.29) is 30.4 Å². The van der Waals surface area contributed by atoms with Crippen LogP contribution in [0, 0.1) is 5.92 Å². The molecule has 0 spiro atoms. The van der Waals surface area contributed by atoms with Gasteiger partial charge in [0.2, 0.25) is 0 Å². The quantitative estimate of drug-likeness (QED) is 0.836. The lowest BCUT2D eigenvalue weighted by Crippen LogP contribution is -2.31. The topological polar surface area (TPSA) is 76.7 Å². The lowest BCUT2D eigenvalue weighted by molar-refractivity contribution is -0.126. The molecule has 1 saturated heterocycles. The highest BCUT2D eigenvalue weighted by atomic mass is 16.5. The predicted octanol–water partition coefficient (Wildman–Crippen LogP) is 1.56. The number of hydrogen-bond acceptors (Lipinski definition) is 4. The van der Waals surface area contributed by atoms with Gasteiger partial charge in [-0.25, -0.2) is 0 Å². The van der Waals surface area contributed by atoms with E-state index in [1.807, 2.05) is 13.8 Å². The molecule has 0 aromatic heterocycles. The molecule has 2 amide bonds. The van der Waals surface area contributed by atoms with E-state index in [0.717, 1.165) is 6.42 Å². The summed E-state index contributed by atoms with van der Waals surface area (Å²) in [5, 5.41) is 5.48. The zero-order valence-corrected chi connectivity index (χ0v) is 12.9. The van der Waals surface area contributed by atoms with Crippen molar-refractivity contribution in [2.75, 3.05) is 25.1 Å². The van der Waals surface area contributed by atoms with Crippen molar-refractivity contribution in [3.05, 3.63) is 24.3 Å². The van der Waals surface area contributed by atoms with E-state index in [1.165, 1.54) is 0 Å². The first-order valence-electron chi connectivity index (χ1n) is 7.52. The molecule has 1 aliphatic rings. The molecular weight excluding hydrogens is 284 g/mol. The summed E-state index contributed by atoms with van der Waals surface area (Å²) >= 11 is 0. The number of nitrogens with one attached hydrogen (secondary N) is 2. The second-order valence-electron chi connectivity index (χ2n) is 5.31. The second kappa shape index (κ2) is 7.79. The van der Waals surface area contributed by atoms with Gasteiger partial charge in [-0.3, -0.25) is 9.59 Å². The first-order valence-corrected chi connectivity index (χ1v) is 7.52. The van der Waals surface area contributed by atoms with Crippen molar-refractivity contribution in [3.63, 3.8) is 0 Å². The Hall–Kier alpha value is -2.08. The molecule has 2 rings (SSSR count). The fourth-order valence-corrected chi connectivity index (χ4v) is 2.28. The summed E-state index contributed by atoms with van der Waals surface area (Å²) in [5.74, 6) is 0.530. The maximum absolute atomic E-state index is 12.1. The first-order chi connectivity index (χ1) is 10.6. The van der Waals surface area contributed by atoms with Gasteiger partial charge in [-0.05, 0) is 43.5 Å². The molecule has 1 fully saturated rings. The molecule has 2 unspecified atom stereocenters. The molecule has 120 valence electrons. The van der Waals surface area contributed by atoms with Crippen molar-refractivity contribution < 1.29 is 19.1 Å². The number of benzene rings is 1. The molecule has 22 heavy (non-hydrogen) atoms. The Balaban J connectivity index is 1.83. The van der Waals surface area contributed by atoms with Gasteiger partial charge in [0, 0.05) is 18.8 Å². The summed E-state index contributed by atoms with van der Waals surface area (Å²) in [6.07, 6.45) is 0.527. The number of anilines is 1. The van der Waals surface area contributed by atoms with Crippen LogP contribution in [-0.2, 0) is 14.3 Å². The number of ether oxygens (including phenoxy) is 2. The van der Waals surface area contributed by atoms with Crippen LogP contribution in [0.15, 0.2) is 24.3 Å². The average Bonchev–Trinajstić information content (AvgIpc) is 2.93. The normalized spacial score (nSPS) is 20.5. The standard InChI is InChI=1S/C16H22N2O4/c1-3-17-14(19)10-22-13-6-4-12(5-7-13)18-16(20)15-11(2)8-9-21-15/h4-7,11,15H,3,8-10H2,1-2H3,(H,17,19)(H,18,20). The summed E-state index contributed by atoms with van der Waals surface area (Å²) in [6.45, 7) is 5.05. The minimum atomic E-state index is -0.381. The first kappa shape index (κ1) is 16.3. The Morgan fingerprint density at radius 1 is 1.32 bits per heavy atom. The van der Waals surface area contributed by atoms with Crippen LogP contribution in [0.3, 0.4) is 0 Å². The van der Waals surface area contributed by atoms with Crippen molar-refractivity contribution in [1.29, 1.82) is 0 Å². The van der Waals surface area contributed by atoms with E-state index >= 15 is 0 Å². The van der Waals surface area contributed by atoms with Crippen molar-refractivity contribution in [3.8, 4) is 5.75 Å². The van der Waals surface area contributed by atoms with Crippen molar-refractivity contribution in [2.24, 2.45) is 5.92 Å². The fourth-order valence-electron chi connectivity index (χ4n) is 2.28. The molecule has 6 nitrogen and oxygen atoms in total.